The number of aromatic nitrogens is 2. The third kappa shape index (κ3) is 5.41. The van der Waals surface area contributed by atoms with Crippen LogP contribution in [0.15, 0.2) is 40.3 Å². The number of H-pyrrole nitrogens is 1. The molecular weight excluding hydrogens is 324 g/mol. The standard InChI is InChI=1S/C15H17ClN2OS2/c1-10(2)20-9-12-7-14(19)18-15(17-12)21-8-11-5-3-4-6-13(11)16/h3-7,10H,8-9H2,1-2H3,(H,17,18,19). The first-order valence-corrected chi connectivity index (χ1v) is 9.04. The maximum absolute atomic E-state index is 11.7. The van der Waals surface area contributed by atoms with Gasteiger partial charge in [0.2, 0.25) is 0 Å². The summed E-state index contributed by atoms with van der Waals surface area (Å²) in [4.78, 5) is 19.0. The third-order valence-corrected chi connectivity index (χ3v) is 5.08. The van der Waals surface area contributed by atoms with E-state index in [1.54, 1.807) is 17.8 Å². The molecule has 0 saturated carbocycles. The van der Waals surface area contributed by atoms with E-state index in [0.29, 0.717) is 16.2 Å². The number of nitrogens with zero attached hydrogens (tertiary/aromatic N) is 1. The number of rotatable bonds is 6. The van der Waals surface area contributed by atoms with Gasteiger partial charge >= 0.3 is 0 Å². The second kappa shape index (κ2) is 7.92. The van der Waals surface area contributed by atoms with Crippen LogP contribution in [0.4, 0.5) is 0 Å². The van der Waals surface area contributed by atoms with Crippen molar-refractivity contribution in [2.24, 2.45) is 0 Å². The number of hydrogen-bond acceptors (Lipinski definition) is 4. The number of aromatic amines is 1. The monoisotopic (exact) mass is 340 g/mol. The molecule has 0 aliphatic carbocycles. The molecule has 112 valence electrons. The lowest BCUT2D eigenvalue weighted by Gasteiger charge is -2.07. The van der Waals surface area contributed by atoms with Crippen LogP contribution in [-0.4, -0.2) is 15.2 Å². The highest BCUT2D eigenvalue weighted by molar-refractivity contribution is 7.99. The van der Waals surface area contributed by atoms with Crippen LogP contribution < -0.4 is 5.56 Å². The summed E-state index contributed by atoms with van der Waals surface area (Å²) in [5, 5.41) is 1.89. The fourth-order valence-corrected chi connectivity index (χ4v) is 3.47. The highest BCUT2D eigenvalue weighted by Crippen LogP contribution is 2.24. The normalized spacial score (nSPS) is 11.0. The lowest BCUT2D eigenvalue weighted by molar-refractivity contribution is 0.898. The van der Waals surface area contributed by atoms with Crippen LogP contribution in [0, 0.1) is 0 Å². The summed E-state index contributed by atoms with van der Waals surface area (Å²) in [7, 11) is 0. The molecule has 2 aromatic rings. The van der Waals surface area contributed by atoms with E-state index in [4.69, 9.17) is 11.6 Å². The zero-order valence-electron chi connectivity index (χ0n) is 11.9. The van der Waals surface area contributed by atoms with E-state index >= 15 is 0 Å². The zero-order chi connectivity index (χ0) is 15.2. The quantitative estimate of drug-likeness (QED) is 0.627. The van der Waals surface area contributed by atoms with Gasteiger partial charge in [-0.05, 0) is 16.9 Å². The Bertz CT molecular complexity index is 658. The van der Waals surface area contributed by atoms with Crippen LogP contribution in [0.1, 0.15) is 25.1 Å². The molecule has 0 amide bonds. The van der Waals surface area contributed by atoms with Crippen LogP contribution in [-0.2, 0) is 11.5 Å². The highest BCUT2D eigenvalue weighted by Gasteiger charge is 2.06. The van der Waals surface area contributed by atoms with Crippen LogP contribution in [0.3, 0.4) is 0 Å². The molecule has 0 aliphatic rings. The first-order chi connectivity index (χ1) is 10.0. The maximum Gasteiger partial charge on any atom is 0.251 e. The predicted molar refractivity (Wildman–Crippen MR) is 92.3 cm³/mol. The van der Waals surface area contributed by atoms with Gasteiger partial charge in [0.1, 0.15) is 0 Å². The molecule has 1 aromatic carbocycles. The van der Waals surface area contributed by atoms with Gasteiger partial charge in [-0.2, -0.15) is 11.8 Å². The number of thioether (sulfide) groups is 2. The van der Waals surface area contributed by atoms with Gasteiger partial charge in [-0.25, -0.2) is 4.98 Å². The molecule has 0 atom stereocenters. The van der Waals surface area contributed by atoms with Crippen molar-refractivity contribution in [3.8, 4) is 0 Å². The Morgan fingerprint density at radius 1 is 1.29 bits per heavy atom. The molecule has 1 N–H and O–H groups in total. The van der Waals surface area contributed by atoms with Gasteiger partial charge in [0.25, 0.3) is 5.56 Å². The van der Waals surface area contributed by atoms with E-state index in [1.807, 2.05) is 24.3 Å². The van der Waals surface area contributed by atoms with E-state index in [1.165, 1.54) is 11.8 Å². The van der Waals surface area contributed by atoms with Crippen LogP contribution in [0.2, 0.25) is 5.02 Å². The zero-order valence-corrected chi connectivity index (χ0v) is 14.3. The average molecular weight is 341 g/mol. The summed E-state index contributed by atoms with van der Waals surface area (Å²) >= 11 is 9.39. The van der Waals surface area contributed by atoms with Crippen molar-refractivity contribution in [1.29, 1.82) is 0 Å². The molecule has 0 saturated heterocycles. The fourth-order valence-electron chi connectivity index (χ4n) is 1.64. The average Bonchev–Trinajstić information content (AvgIpc) is 2.44. The Morgan fingerprint density at radius 2 is 2.05 bits per heavy atom. The first-order valence-electron chi connectivity index (χ1n) is 6.62. The van der Waals surface area contributed by atoms with E-state index in [9.17, 15) is 4.79 Å². The van der Waals surface area contributed by atoms with Gasteiger partial charge < -0.3 is 4.98 Å². The Morgan fingerprint density at radius 3 is 2.76 bits per heavy atom. The van der Waals surface area contributed by atoms with Gasteiger partial charge in [0.15, 0.2) is 5.16 Å². The Labute approximate surface area is 137 Å². The van der Waals surface area contributed by atoms with Crippen molar-refractivity contribution in [2.75, 3.05) is 0 Å². The van der Waals surface area contributed by atoms with Crippen LogP contribution in [0.25, 0.3) is 0 Å². The second-order valence-corrected chi connectivity index (χ2v) is 7.72. The smallest absolute Gasteiger partial charge is 0.251 e. The van der Waals surface area contributed by atoms with Gasteiger partial charge in [-0.3, -0.25) is 4.79 Å². The Kier molecular flexibility index (Phi) is 6.21. The van der Waals surface area contributed by atoms with Crippen molar-refractivity contribution >= 4 is 35.1 Å². The lowest BCUT2D eigenvalue weighted by Crippen LogP contribution is -2.10. The minimum atomic E-state index is -0.106. The highest BCUT2D eigenvalue weighted by atomic mass is 35.5. The van der Waals surface area contributed by atoms with Crippen molar-refractivity contribution in [2.45, 2.75) is 35.8 Å². The molecule has 21 heavy (non-hydrogen) atoms. The lowest BCUT2D eigenvalue weighted by atomic mass is 10.2. The van der Waals surface area contributed by atoms with Gasteiger partial charge in [-0.1, -0.05) is 55.4 Å². The SMILES string of the molecule is CC(C)SCc1cc(=O)[nH]c(SCc2ccccc2Cl)n1. The predicted octanol–water partition coefficient (Wildman–Crippen LogP) is 4.36. The van der Waals surface area contributed by atoms with Gasteiger partial charge in [-0.15, -0.1) is 0 Å². The van der Waals surface area contributed by atoms with Gasteiger partial charge in [0, 0.05) is 22.6 Å². The Balaban J connectivity index is 2.06. The summed E-state index contributed by atoms with van der Waals surface area (Å²) in [5.41, 5.74) is 1.75. The van der Waals surface area contributed by atoms with E-state index in [-0.39, 0.29) is 5.56 Å². The van der Waals surface area contributed by atoms with E-state index in [2.05, 4.69) is 23.8 Å². The topological polar surface area (TPSA) is 45.8 Å². The van der Waals surface area contributed by atoms with Crippen molar-refractivity contribution in [3.63, 3.8) is 0 Å². The third-order valence-electron chi connectivity index (χ3n) is 2.66. The first kappa shape index (κ1) is 16.5. The summed E-state index contributed by atoms with van der Waals surface area (Å²) in [6.45, 7) is 4.26. The van der Waals surface area contributed by atoms with Crippen molar-refractivity contribution in [3.05, 3.63) is 57.0 Å². The van der Waals surface area contributed by atoms with E-state index < -0.39 is 0 Å². The molecule has 0 fully saturated rings. The van der Waals surface area contributed by atoms with Crippen LogP contribution >= 0.6 is 35.1 Å². The molecule has 1 heterocycles. The molecule has 1 aromatic heterocycles. The fraction of sp³-hybridized carbons (Fsp3) is 0.333. The molecule has 6 heteroatoms. The minimum absolute atomic E-state index is 0.106. The number of halogens is 1. The van der Waals surface area contributed by atoms with Gasteiger partial charge in [0.05, 0.1) is 5.69 Å². The summed E-state index contributed by atoms with van der Waals surface area (Å²) < 4.78 is 0. The summed E-state index contributed by atoms with van der Waals surface area (Å²) in [6, 6.07) is 9.26. The molecule has 0 radical (unpaired) electrons. The van der Waals surface area contributed by atoms with Crippen molar-refractivity contribution in [1.82, 2.24) is 9.97 Å². The largest absolute Gasteiger partial charge is 0.301 e. The molecule has 0 aliphatic heterocycles. The molecule has 0 unspecified atom stereocenters. The summed E-state index contributed by atoms with van der Waals surface area (Å²) in [5.74, 6) is 1.44. The second-order valence-electron chi connectivity index (χ2n) is 4.78. The molecule has 0 bridgehead atoms. The molecule has 3 nitrogen and oxygen atoms in total. The molecule has 0 spiro atoms. The van der Waals surface area contributed by atoms with E-state index in [0.717, 1.165) is 22.0 Å². The number of hydrogen-bond donors (Lipinski definition) is 1. The minimum Gasteiger partial charge on any atom is -0.301 e. The number of benzene rings is 1. The van der Waals surface area contributed by atoms with Crippen molar-refractivity contribution < 1.29 is 0 Å². The molecule has 2 rings (SSSR count). The number of nitrogens with one attached hydrogen (secondary N) is 1. The van der Waals surface area contributed by atoms with Crippen LogP contribution in [0.5, 0.6) is 0 Å². The Hall–Kier alpha value is -0.910. The summed E-state index contributed by atoms with van der Waals surface area (Å²) in [6.07, 6.45) is 0. The maximum atomic E-state index is 11.7. The molecular formula is C15H17ClN2OS2.